The van der Waals surface area contributed by atoms with E-state index in [1.165, 1.54) is 0 Å². The van der Waals surface area contributed by atoms with Crippen molar-refractivity contribution < 1.29 is 13.2 Å². The summed E-state index contributed by atoms with van der Waals surface area (Å²) in [4.78, 5) is 6.71. The minimum Gasteiger partial charge on any atom is -0.379 e. The van der Waals surface area contributed by atoms with Gasteiger partial charge in [-0.3, -0.25) is 9.88 Å². The summed E-state index contributed by atoms with van der Waals surface area (Å²) < 4.78 is 34.2. The SMILES string of the molecule is CC(C)C[C@@H](CNS(=O)(=O)c1cccc2cnccc12)N1CCOCC1. The van der Waals surface area contributed by atoms with Crippen molar-refractivity contribution >= 4 is 20.8 Å². The maximum atomic E-state index is 12.9. The number of hydrogen-bond acceptors (Lipinski definition) is 5. The number of ether oxygens (including phenoxy) is 1. The molecule has 3 rings (SSSR count). The number of morpholine rings is 1. The van der Waals surface area contributed by atoms with E-state index >= 15 is 0 Å². The third-order valence-corrected chi connectivity index (χ3v) is 6.23. The summed E-state index contributed by atoms with van der Waals surface area (Å²) in [5.74, 6) is 0.496. The van der Waals surface area contributed by atoms with E-state index in [9.17, 15) is 8.42 Å². The first-order chi connectivity index (χ1) is 12.5. The van der Waals surface area contributed by atoms with Gasteiger partial charge in [-0.2, -0.15) is 0 Å². The monoisotopic (exact) mass is 377 g/mol. The molecule has 1 fully saturated rings. The van der Waals surface area contributed by atoms with Crippen LogP contribution in [0.4, 0.5) is 0 Å². The molecule has 0 spiro atoms. The average Bonchev–Trinajstić information content (AvgIpc) is 2.65. The largest absolute Gasteiger partial charge is 0.379 e. The van der Waals surface area contributed by atoms with Crippen LogP contribution in [0.2, 0.25) is 0 Å². The van der Waals surface area contributed by atoms with Crippen LogP contribution in [0.5, 0.6) is 0 Å². The number of sulfonamides is 1. The van der Waals surface area contributed by atoms with Gasteiger partial charge in [-0.15, -0.1) is 0 Å². The van der Waals surface area contributed by atoms with Gasteiger partial charge >= 0.3 is 0 Å². The fourth-order valence-corrected chi connectivity index (χ4v) is 4.76. The van der Waals surface area contributed by atoms with Crippen molar-refractivity contribution in [3.63, 3.8) is 0 Å². The summed E-state index contributed by atoms with van der Waals surface area (Å²) in [6.07, 6.45) is 4.25. The number of nitrogens with one attached hydrogen (secondary N) is 1. The standard InChI is InChI=1S/C19H27N3O3S/c1-15(2)12-17(22-8-10-25-11-9-22)14-21-26(23,24)19-5-3-4-16-13-20-7-6-18(16)19/h3-7,13,15,17,21H,8-12,14H2,1-2H3/t17-/m0/s1. The van der Waals surface area contributed by atoms with Gasteiger partial charge < -0.3 is 4.74 Å². The van der Waals surface area contributed by atoms with Gasteiger partial charge in [-0.25, -0.2) is 13.1 Å². The van der Waals surface area contributed by atoms with E-state index in [0.29, 0.717) is 36.0 Å². The maximum absolute atomic E-state index is 12.9. The van der Waals surface area contributed by atoms with Crippen LogP contribution in [-0.4, -0.2) is 57.2 Å². The third-order valence-electron chi connectivity index (χ3n) is 4.74. The second-order valence-electron chi connectivity index (χ2n) is 7.14. The van der Waals surface area contributed by atoms with E-state index in [2.05, 4.69) is 28.5 Å². The van der Waals surface area contributed by atoms with Crippen LogP contribution in [0.3, 0.4) is 0 Å². The summed E-state index contributed by atoms with van der Waals surface area (Å²) in [5.41, 5.74) is 0. The lowest BCUT2D eigenvalue weighted by molar-refractivity contribution is 0.0134. The highest BCUT2D eigenvalue weighted by Crippen LogP contribution is 2.22. The molecule has 1 aromatic carbocycles. The first-order valence-corrected chi connectivity index (χ1v) is 10.6. The van der Waals surface area contributed by atoms with E-state index in [4.69, 9.17) is 4.74 Å². The van der Waals surface area contributed by atoms with Crippen LogP contribution in [0, 0.1) is 5.92 Å². The highest BCUT2D eigenvalue weighted by molar-refractivity contribution is 7.89. The maximum Gasteiger partial charge on any atom is 0.241 e. The molecular formula is C19H27N3O3S. The molecule has 0 aliphatic carbocycles. The van der Waals surface area contributed by atoms with Crippen molar-refractivity contribution in [1.29, 1.82) is 0 Å². The van der Waals surface area contributed by atoms with E-state index in [0.717, 1.165) is 24.9 Å². The Hall–Kier alpha value is -1.54. The van der Waals surface area contributed by atoms with Crippen LogP contribution in [-0.2, 0) is 14.8 Å². The van der Waals surface area contributed by atoms with Gasteiger partial charge in [0.15, 0.2) is 0 Å². The lowest BCUT2D eigenvalue weighted by Crippen LogP contribution is -2.49. The molecule has 1 N–H and O–H groups in total. The van der Waals surface area contributed by atoms with Crippen molar-refractivity contribution in [2.75, 3.05) is 32.8 Å². The summed E-state index contributed by atoms with van der Waals surface area (Å²) in [6.45, 7) is 7.84. The molecule has 0 unspecified atom stereocenters. The van der Waals surface area contributed by atoms with Gasteiger partial charge in [0, 0.05) is 48.8 Å². The quantitative estimate of drug-likeness (QED) is 0.801. The molecule has 1 saturated heterocycles. The second-order valence-corrected chi connectivity index (χ2v) is 8.87. The molecule has 142 valence electrons. The molecule has 1 aliphatic rings. The number of benzene rings is 1. The average molecular weight is 378 g/mol. The van der Waals surface area contributed by atoms with Crippen molar-refractivity contribution in [2.24, 2.45) is 5.92 Å². The molecule has 1 atom stereocenters. The van der Waals surface area contributed by atoms with Crippen LogP contribution >= 0.6 is 0 Å². The molecule has 7 heteroatoms. The number of rotatable bonds is 7. The molecule has 1 aliphatic heterocycles. The Morgan fingerprint density at radius 2 is 2.00 bits per heavy atom. The molecule has 6 nitrogen and oxygen atoms in total. The molecule has 1 aromatic heterocycles. The smallest absolute Gasteiger partial charge is 0.241 e. The van der Waals surface area contributed by atoms with Gasteiger partial charge in [-0.05, 0) is 24.5 Å². The first kappa shape index (κ1) is 19.2. The van der Waals surface area contributed by atoms with Gasteiger partial charge in [0.05, 0.1) is 18.1 Å². The topological polar surface area (TPSA) is 71.5 Å². The molecule has 0 saturated carbocycles. The Morgan fingerprint density at radius 1 is 1.23 bits per heavy atom. The zero-order valence-corrected chi connectivity index (χ0v) is 16.2. The minimum atomic E-state index is -3.59. The van der Waals surface area contributed by atoms with E-state index < -0.39 is 10.0 Å². The molecule has 2 heterocycles. The summed E-state index contributed by atoms with van der Waals surface area (Å²) in [5, 5.41) is 1.52. The van der Waals surface area contributed by atoms with E-state index in [-0.39, 0.29) is 6.04 Å². The first-order valence-electron chi connectivity index (χ1n) is 9.11. The lowest BCUT2D eigenvalue weighted by Gasteiger charge is -2.35. The van der Waals surface area contributed by atoms with E-state index in [1.54, 1.807) is 30.6 Å². The fourth-order valence-electron chi connectivity index (χ4n) is 3.46. The summed E-state index contributed by atoms with van der Waals surface area (Å²) in [6, 6.07) is 7.20. The molecule has 0 amide bonds. The van der Waals surface area contributed by atoms with Gasteiger partial charge in [0.1, 0.15) is 0 Å². The van der Waals surface area contributed by atoms with Crippen molar-refractivity contribution in [3.05, 3.63) is 36.7 Å². The van der Waals surface area contributed by atoms with Crippen LogP contribution in [0.1, 0.15) is 20.3 Å². The molecule has 0 radical (unpaired) electrons. The second kappa shape index (κ2) is 8.43. The zero-order chi connectivity index (χ0) is 18.6. The Kier molecular flexibility index (Phi) is 6.24. The highest BCUT2D eigenvalue weighted by atomic mass is 32.2. The number of aromatic nitrogens is 1. The Labute approximate surface area is 155 Å². The Bertz CT molecular complexity index is 828. The minimum absolute atomic E-state index is 0.172. The fraction of sp³-hybridized carbons (Fsp3) is 0.526. The molecule has 2 aromatic rings. The number of hydrogen-bond donors (Lipinski definition) is 1. The third kappa shape index (κ3) is 4.59. The molecule has 26 heavy (non-hydrogen) atoms. The predicted octanol–water partition coefficient (Wildman–Crippen LogP) is 2.26. The van der Waals surface area contributed by atoms with Crippen LogP contribution in [0.15, 0.2) is 41.6 Å². The van der Waals surface area contributed by atoms with Crippen molar-refractivity contribution in [1.82, 2.24) is 14.6 Å². The highest BCUT2D eigenvalue weighted by Gasteiger charge is 2.25. The lowest BCUT2D eigenvalue weighted by atomic mass is 10.0. The van der Waals surface area contributed by atoms with Gasteiger partial charge in [0.2, 0.25) is 10.0 Å². The summed E-state index contributed by atoms with van der Waals surface area (Å²) >= 11 is 0. The Balaban J connectivity index is 1.78. The summed E-state index contributed by atoms with van der Waals surface area (Å²) in [7, 11) is -3.59. The zero-order valence-electron chi connectivity index (χ0n) is 15.4. The normalized spacial score (nSPS) is 17.7. The van der Waals surface area contributed by atoms with Gasteiger partial charge in [0.25, 0.3) is 0 Å². The van der Waals surface area contributed by atoms with E-state index in [1.807, 2.05) is 6.07 Å². The Morgan fingerprint density at radius 3 is 2.73 bits per heavy atom. The molecule has 0 bridgehead atoms. The number of nitrogens with zero attached hydrogens (tertiary/aromatic N) is 2. The predicted molar refractivity (Wildman–Crippen MR) is 103 cm³/mol. The van der Waals surface area contributed by atoms with Crippen molar-refractivity contribution in [3.8, 4) is 0 Å². The van der Waals surface area contributed by atoms with Crippen LogP contribution < -0.4 is 4.72 Å². The molecular weight excluding hydrogens is 350 g/mol. The number of pyridine rings is 1. The number of fused-ring (bicyclic) bond motifs is 1. The van der Waals surface area contributed by atoms with Crippen molar-refractivity contribution in [2.45, 2.75) is 31.2 Å². The van der Waals surface area contributed by atoms with Gasteiger partial charge in [-0.1, -0.05) is 26.0 Å². The van der Waals surface area contributed by atoms with Crippen LogP contribution in [0.25, 0.3) is 10.8 Å².